The number of aryl methyl sites for hydroxylation is 1. The number of nitrogens with zero attached hydrogens (tertiary/aromatic N) is 1. The van der Waals surface area contributed by atoms with E-state index in [4.69, 9.17) is 4.42 Å². The Morgan fingerprint density at radius 1 is 1.30 bits per heavy atom. The van der Waals surface area contributed by atoms with E-state index in [1.807, 2.05) is 25.1 Å². The minimum absolute atomic E-state index is 0.177. The Bertz CT molecular complexity index is 835. The molecule has 23 heavy (non-hydrogen) atoms. The number of para-hydroxylation sites is 1. The fraction of sp³-hybridized carbons (Fsp3) is 0.188. The van der Waals surface area contributed by atoms with Gasteiger partial charge in [0.15, 0.2) is 10.9 Å². The van der Waals surface area contributed by atoms with Crippen LogP contribution in [0.15, 0.2) is 40.9 Å². The molecule has 1 atom stereocenters. The number of aromatic nitrogens is 1. The standard InChI is InChI=1S/C16H15N3O3S/c1-9-8-17-16(23-9)19-14(20)10(2)18-15(21)13-7-11-5-3-4-6-12(11)22-13/h3-8,10H,1-2H3,(H,18,21)(H,17,19,20). The van der Waals surface area contributed by atoms with Gasteiger partial charge in [-0.1, -0.05) is 18.2 Å². The zero-order chi connectivity index (χ0) is 16.4. The lowest BCUT2D eigenvalue weighted by atomic mass is 10.2. The molecule has 2 heterocycles. The first-order chi connectivity index (χ1) is 11.0. The van der Waals surface area contributed by atoms with Crippen molar-refractivity contribution in [2.75, 3.05) is 5.32 Å². The second kappa shape index (κ2) is 6.21. The van der Waals surface area contributed by atoms with Crippen molar-refractivity contribution >= 4 is 39.3 Å². The van der Waals surface area contributed by atoms with E-state index in [2.05, 4.69) is 15.6 Å². The average molecular weight is 329 g/mol. The summed E-state index contributed by atoms with van der Waals surface area (Å²) in [6.45, 7) is 3.51. The summed E-state index contributed by atoms with van der Waals surface area (Å²) in [6, 6.07) is 8.29. The molecule has 0 aliphatic heterocycles. The number of hydrogen-bond acceptors (Lipinski definition) is 5. The molecular formula is C16H15N3O3S. The van der Waals surface area contributed by atoms with Crippen LogP contribution < -0.4 is 10.6 Å². The van der Waals surface area contributed by atoms with E-state index < -0.39 is 11.9 Å². The zero-order valence-electron chi connectivity index (χ0n) is 12.6. The molecule has 2 aromatic heterocycles. The fourth-order valence-electron chi connectivity index (χ4n) is 2.05. The van der Waals surface area contributed by atoms with E-state index in [0.717, 1.165) is 10.3 Å². The van der Waals surface area contributed by atoms with Crippen molar-refractivity contribution < 1.29 is 14.0 Å². The summed E-state index contributed by atoms with van der Waals surface area (Å²) in [5.74, 6) is -0.584. The first kappa shape index (κ1) is 15.2. The maximum absolute atomic E-state index is 12.2. The monoisotopic (exact) mass is 329 g/mol. The lowest BCUT2D eigenvalue weighted by Gasteiger charge is -2.11. The van der Waals surface area contributed by atoms with Gasteiger partial charge in [-0.05, 0) is 26.0 Å². The molecule has 6 nitrogen and oxygen atoms in total. The van der Waals surface area contributed by atoms with Crippen molar-refractivity contribution in [3.8, 4) is 0 Å². The molecule has 2 N–H and O–H groups in total. The molecule has 0 spiro atoms. The maximum Gasteiger partial charge on any atom is 0.287 e. The van der Waals surface area contributed by atoms with Crippen LogP contribution >= 0.6 is 11.3 Å². The van der Waals surface area contributed by atoms with Crippen LogP contribution in [0.25, 0.3) is 11.0 Å². The number of anilines is 1. The molecule has 0 radical (unpaired) electrons. The fourth-order valence-corrected chi connectivity index (χ4v) is 2.72. The molecule has 0 saturated heterocycles. The first-order valence-electron chi connectivity index (χ1n) is 7.05. The Morgan fingerprint density at radius 2 is 2.09 bits per heavy atom. The molecule has 0 bridgehead atoms. The Kier molecular flexibility index (Phi) is 4.12. The molecule has 0 aliphatic rings. The molecular weight excluding hydrogens is 314 g/mol. The molecule has 3 rings (SSSR count). The lowest BCUT2D eigenvalue weighted by Crippen LogP contribution is -2.41. The second-order valence-corrected chi connectivity index (χ2v) is 6.34. The summed E-state index contributed by atoms with van der Waals surface area (Å²) in [5, 5.41) is 6.64. The van der Waals surface area contributed by atoms with Gasteiger partial charge < -0.3 is 15.1 Å². The summed E-state index contributed by atoms with van der Waals surface area (Å²) in [7, 11) is 0. The number of amides is 2. The van der Waals surface area contributed by atoms with E-state index in [-0.39, 0.29) is 11.7 Å². The van der Waals surface area contributed by atoms with Crippen LogP contribution in [0.2, 0.25) is 0 Å². The Labute approximate surface area is 136 Å². The minimum Gasteiger partial charge on any atom is -0.451 e. The van der Waals surface area contributed by atoms with Crippen LogP contribution in [0.3, 0.4) is 0 Å². The predicted octanol–water partition coefficient (Wildman–Crippen LogP) is 2.95. The second-order valence-electron chi connectivity index (χ2n) is 5.11. The topological polar surface area (TPSA) is 84.2 Å². The highest BCUT2D eigenvalue weighted by atomic mass is 32.1. The Balaban J connectivity index is 1.65. The third-order valence-corrected chi connectivity index (χ3v) is 4.07. The van der Waals surface area contributed by atoms with Crippen molar-refractivity contribution in [2.45, 2.75) is 19.9 Å². The summed E-state index contributed by atoms with van der Waals surface area (Å²) >= 11 is 1.38. The van der Waals surface area contributed by atoms with E-state index in [0.29, 0.717) is 10.7 Å². The number of benzene rings is 1. The SMILES string of the molecule is Cc1cnc(NC(=O)C(C)NC(=O)c2cc3ccccc3o2)s1. The van der Waals surface area contributed by atoms with Gasteiger partial charge in [0.2, 0.25) is 5.91 Å². The number of thiazole rings is 1. The summed E-state index contributed by atoms with van der Waals surface area (Å²) in [5.41, 5.74) is 0.632. The van der Waals surface area contributed by atoms with E-state index >= 15 is 0 Å². The number of carbonyl (C=O) groups is 2. The van der Waals surface area contributed by atoms with Gasteiger partial charge in [-0.2, -0.15) is 0 Å². The Hall–Kier alpha value is -2.67. The minimum atomic E-state index is -0.708. The highest BCUT2D eigenvalue weighted by Gasteiger charge is 2.20. The van der Waals surface area contributed by atoms with Crippen molar-refractivity contribution in [2.24, 2.45) is 0 Å². The molecule has 0 aliphatic carbocycles. The normalized spacial score (nSPS) is 12.1. The largest absolute Gasteiger partial charge is 0.451 e. The molecule has 0 saturated carbocycles. The van der Waals surface area contributed by atoms with Gasteiger partial charge in [0.05, 0.1) is 0 Å². The summed E-state index contributed by atoms with van der Waals surface area (Å²) in [6.07, 6.45) is 1.68. The first-order valence-corrected chi connectivity index (χ1v) is 7.87. The molecule has 1 aromatic carbocycles. The van der Waals surface area contributed by atoms with Gasteiger partial charge in [-0.15, -0.1) is 11.3 Å². The quantitative estimate of drug-likeness (QED) is 0.771. The molecule has 7 heteroatoms. The molecule has 3 aromatic rings. The Morgan fingerprint density at radius 3 is 2.78 bits per heavy atom. The van der Waals surface area contributed by atoms with Gasteiger partial charge in [0.25, 0.3) is 5.91 Å². The number of hydrogen-bond donors (Lipinski definition) is 2. The van der Waals surface area contributed by atoms with Gasteiger partial charge in [-0.25, -0.2) is 4.98 Å². The number of furan rings is 1. The third kappa shape index (κ3) is 3.40. The van der Waals surface area contributed by atoms with E-state index in [9.17, 15) is 9.59 Å². The van der Waals surface area contributed by atoms with Crippen molar-refractivity contribution in [1.29, 1.82) is 0 Å². The molecule has 0 fully saturated rings. The highest BCUT2D eigenvalue weighted by Crippen LogP contribution is 2.19. The summed E-state index contributed by atoms with van der Waals surface area (Å²) in [4.78, 5) is 29.3. The summed E-state index contributed by atoms with van der Waals surface area (Å²) < 4.78 is 5.48. The predicted molar refractivity (Wildman–Crippen MR) is 88.6 cm³/mol. The third-order valence-electron chi connectivity index (χ3n) is 3.24. The number of nitrogens with one attached hydrogen (secondary N) is 2. The van der Waals surface area contributed by atoms with E-state index in [1.54, 1.807) is 25.3 Å². The molecule has 2 amide bonds. The number of carbonyl (C=O) groups excluding carboxylic acids is 2. The van der Waals surface area contributed by atoms with Crippen LogP contribution in [-0.4, -0.2) is 22.8 Å². The van der Waals surface area contributed by atoms with Crippen molar-refractivity contribution in [3.63, 3.8) is 0 Å². The van der Waals surface area contributed by atoms with Crippen LogP contribution in [0, 0.1) is 6.92 Å². The van der Waals surface area contributed by atoms with Gasteiger partial charge in [-0.3, -0.25) is 9.59 Å². The van der Waals surface area contributed by atoms with Crippen LogP contribution in [0.5, 0.6) is 0 Å². The van der Waals surface area contributed by atoms with Gasteiger partial charge >= 0.3 is 0 Å². The number of fused-ring (bicyclic) bond motifs is 1. The zero-order valence-corrected chi connectivity index (χ0v) is 13.4. The highest BCUT2D eigenvalue weighted by molar-refractivity contribution is 7.15. The molecule has 118 valence electrons. The van der Waals surface area contributed by atoms with Crippen molar-refractivity contribution in [3.05, 3.63) is 47.2 Å². The van der Waals surface area contributed by atoms with Gasteiger partial charge in [0.1, 0.15) is 11.6 Å². The van der Waals surface area contributed by atoms with Crippen LogP contribution in [0.4, 0.5) is 5.13 Å². The smallest absolute Gasteiger partial charge is 0.287 e. The maximum atomic E-state index is 12.2. The van der Waals surface area contributed by atoms with Crippen LogP contribution in [0.1, 0.15) is 22.4 Å². The average Bonchev–Trinajstić information content (AvgIpc) is 3.13. The number of rotatable bonds is 4. The van der Waals surface area contributed by atoms with E-state index in [1.165, 1.54) is 11.3 Å². The van der Waals surface area contributed by atoms with Crippen molar-refractivity contribution in [1.82, 2.24) is 10.3 Å². The lowest BCUT2D eigenvalue weighted by molar-refractivity contribution is -0.117. The van der Waals surface area contributed by atoms with Crippen LogP contribution in [-0.2, 0) is 4.79 Å². The van der Waals surface area contributed by atoms with Gasteiger partial charge in [0, 0.05) is 16.5 Å². The molecule has 1 unspecified atom stereocenters.